The average Bonchev–Trinajstić information content (AvgIpc) is 1.54. The lowest BCUT2D eigenvalue weighted by Gasteiger charge is -2.30. The molecule has 0 unspecified atom stereocenters. The van der Waals surface area contributed by atoms with E-state index in [0.29, 0.717) is 0 Å². The molecule has 0 spiro atoms. The molecule has 0 atom stereocenters. The van der Waals surface area contributed by atoms with Gasteiger partial charge < -0.3 is 18.2 Å². The maximum atomic E-state index is 7.24. The Balaban J connectivity index is 0.597. The van der Waals surface area contributed by atoms with Crippen LogP contribution in [0.2, 0.25) is 0 Å². The van der Waals surface area contributed by atoms with Crippen molar-refractivity contribution in [2.75, 3.05) is 4.90 Å². The Hall–Kier alpha value is -13.3. The molecule has 0 bridgehead atoms. The van der Waals surface area contributed by atoms with Gasteiger partial charge in [-0.1, -0.05) is 271 Å². The van der Waals surface area contributed by atoms with Gasteiger partial charge in [0, 0.05) is 93.0 Å². The minimum atomic E-state index is -0.439. The lowest BCUT2D eigenvalue weighted by atomic mass is 9.79. The molecule has 0 N–H and O–H groups in total. The third-order valence-corrected chi connectivity index (χ3v) is 29.5. The Kier molecular flexibility index (Phi) is 13.2. The van der Waals surface area contributed by atoms with Crippen molar-refractivity contribution in [2.45, 2.75) is 116 Å². The van der Waals surface area contributed by atoms with Gasteiger partial charge in [0.25, 0.3) is 0 Å². The van der Waals surface area contributed by atoms with Gasteiger partial charge in [0.1, 0.15) is 33.5 Å². The fourth-order valence-electron chi connectivity index (χ4n) is 23.1. The van der Waals surface area contributed by atoms with Gasteiger partial charge in [0.05, 0.1) is 0 Å². The lowest BCUT2D eigenvalue weighted by Crippen LogP contribution is -2.18. The number of fused-ring (bicyclic) bond motifs is 29. The third-order valence-electron chi connectivity index (χ3n) is 29.5. The number of anilines is 3. The topological polar surface area (TPSA) is 42.7 Å². The van der Waals surface area contributed by atoms with Crippen molar-refractivity contribution < 1.29 is 13.3 Å². The molecule has 0 aliphatic heterocycles. The van der Waals surface area contributed by atoms with Crippen LogP contribution in [0.25, 0.3) is 177 Å². The highest BCUT2D eigenvalue weighted by Crippen LogP contribution is 2.62. The largest absolute Gasteiger partial charge is 0.456 e. The average molecular weight is 1520 g/mol. The van der Waals surface area contributed by atoms with Crippen molar-refractivity contribution in [3.8, 4) is 111 Å². The van der Waals surface area contributed by atoms with Crippen molar-refractivity contribution in [1.29, 1.82) is 0 Å². The zero-order chi connectivity index (χ0) is 79.5. The smallest absolute Gasteiger partial charge is 0.143 e. The van der Waals surface area contributed by atoms with Gasteiger partial charge >= 0.3 is 0 Å². The van der Waals surface area contributed by atoms with Gasteiger partial charge in [-0.15, -0.1) is 0 Å². The van der Waals surface area contributed by atoms with Crippen LogP contribution < -0.4 is 4.90 Å². The summed E-state index contributed by atoms with van der Waals surface area (Å²) in [6, 6.07) is 113. The van der Waals surface area contributed by atoms with Crippen LogP contribution in [0.5, 0.6) is 0 Å². The highest BCUT2D eigenvalue weighted by atomic mass is 16.3. The van der Waals surface area contributed by atoms with Crippen LogP contribution >= 0.6 is 0 Å². The van der Waals surface area contributed by atoms with Crippen molar-refractivity contribution >= 4 is 82.9 Å². The van der Waals surface area contributed by atoms with Crippen LogP contribution in [0.3, 0.4) is 0 Å². The number of hydrogen-bond acceptors (Lipinski definition) is 4. The first-order valence-corrected chi connectivity index (χ1v) is 42.1. The molecule has 3 aromatic heterocycles. The second kappa shape index (κ2) is 22.9. The monoisotopic (exact) mass is 1520 g/mol. The SMILES string of the molecule is CC1(C)c2ccccc2-c2ccc(-c3ccc4c(c3)C(C)(C)c3cc(-c5cc6c(c7c5oc5ccccc57)-c5ccc(N(c7ccc8c(c7)C(C)(C)c7cc(-c9ccc%10c(c9)C(C)(C)c9cc(-c%11ccc%12c(c%11)C(C)(C)c%11ccccc%11-%12)ccc9-%10)c9oc%10ccccc%10c9c7-8)c7ccc8oc9ccccc9c8c7)cc5C6(C)C)ccc3-4)cc21. The Morgan fingerprint density at radius 1 is 0.186 bits per heavy atom. The number of para-hydroxylation sites is 3. The number of furan rings is 3. The van der Waals surface area contributed by atoms with Gasteiger partial charge in [0.15, 0.2) is 0 Å². The summed E-state index contributed by atoms with van der Waals surface area (Å²) in [5.74, 6) is 0. The molecule has 19 aromatic rings. The molecule has 4 nitrogen and oxygen atoms in total. The minimum Gasteiger partial charge on any atom is -0.456 e. The van der Waals surface area contributed by atoms with Gasteiger partial charge in [-0.2, -0.15) is 0 Å². The zero-order valence-electron chi connectivity index (χ0n) is 68.5. The van der Waals surface area contributed by atoms with E-state index in [1.54, 1.807) is 0 Å². The molecule has 3 heterocycles. The molecule has 0 radical (unpaired) electrons. The molecule has 0 fully saturated rings. The normalized spacial score (nSPS) is 16.0. The van der Waals surface area contributed by atoms with Crippen LogP contribution in [0.1, 0.15) is 150 Å². The summed E-state index contributed by atoms with van der Waals surface area (Å²) >= 11 is 0. The summed E-state index contributed by atoms with van der Waals surface area (Å²) in [5, 5.41) is 6.74. The Morgan fingerprint density at radius 3 is 0.873 bits per heavy atom. The molecule has 0 saturated heterocycles. The fraction of sp³-hybridized carbons (Fsp3) is 0.158. The van der Waals surface area contributed by atoms with E-state index in [9.17, 15) is 0 Å². The molecular weight excluding hydrogens is 1430 g/mol. The van der Waals surface area contributed by atoms with Gasteiger partial charge in [-0.05, 0) is 276 Å². The first-order chi connectivity index (χ1) is 57.0. The highest BCUT2D eigenvalue weighted by molar-refractivity contribution is 6.21. The third kappa shape index (κ3) is 8.84. The minimum absolute atomic E-state index is 0.0799. The molecule has 25 rings (SSSR count). The molecule has 4 heteroatoms. The molecule has 0 saturated carbocycles. The fourth-order valence-corrected chi connectivity index (χ4v) is 23.1. The van der Waals surface area contributed by atoms with Crippen LogP contribution in [0.15, 0.2) is 311 Å². The summed E-state index contributed by atoms with van der Waals surface area (Å²) in [4.78, 5) is 2.50. The van der Waals surface area contributed by atoms with Gasteiger partial charge in [0.2, 0.25) is 0 Å². The number of nitrogens with zero attached hydrogens (tertiary/aromatic N) is 1. The maximum Gasteiger partial charge on any atom is 0.143 e. The van der Waals surface area contributed by atoms with E-state index in [0.717, 1.165) is 105 Å². The zero-order valence-corrected chi connectivity index (χ0v) is 68.5. The van der Waals surface area contributed by atoms with E-state index in [4.69, 9.17) is 13.3 Å². The van der Waals surface area contributed by atoms with Crippen LogP contribution in [-0.4, -0.2) is 0 Å². The first-order valence-electron chi connectivity index (χ1n) is 42.1. The number of rotatable bonds is 7. The quantitative estimate of drug-likeness (QED) is 0.159. The van der Waals surface area contributed by atoms with Crippen molar-refractivity contribution in [2.24, 2.45) is 0 Å². The summed E-state index contributed by atoms with van der Waals surface area (Å²) in [6.45, 7) is 28.9. The molecule has 6 aliphatic carbocycles. The maximum absolute atomic E-state index is 7.24. The Labute approximate surface area is 687 Å². The second-order valence-electron chi connectivity index (χ2n) is 37.8. The van der Waals surface area contributed by atoms with E-state index in [2.05, 4.69) is 385 Å². The van der Waals surface area contributed by atoms with E-state index >= 15 is 0 Å². The predicted octanol–water partition coefficient (Wildman–Crippen LogP) is 31.4. The van der Waals surface area contributed by atoms with E-state index < -0.39 is 10.8 Å². The summed E-state index contributed by atoms with van der Waals surface area (Å²) in [7, 11) is 0. The van der Waals surface area contributed by atoms with E-state index in [1.807, 2.05) is 0 Å². The molecular formula is C114H85NO3. The molecule has 16 aromatic carbocycles. The van der Waals surface area contributed by atoms with E-state index in [-0.39, 0.29) is 21.7 Å². The molecule has 118 heavy (non-hydrogen) atoms. The summed E-state index contributed by atoms with van der Waals surface area (Å²) < 4.78 is 21.1. The van der Waals surface area contributed by atoms with Crippen LogP contribution in [0, 0.1) is 0 Å². The van der Waals surface area contributed by atoms with Gasteiger partial charge in [-0.3, -0.25) is 0 Å². The Morgan fingerprint density at radius 2 is 0.466 bits per heavy atom. The molecule has 564 valence electrons. The van der Waals surface area contributed by atoms with Gasteiger partial charge in [-0.25, -0.2) is 0 Å². The lowest BCUT2D eigenvalue weighted by molar-refractivity contribution is 0.656. The van der Waals surface area contributed by atoms with Crippen LogP contribution in [0.4, 0.5) is 17.1 Å². The summed E-state index contributed by atoms with van der Waals surface area (Å²) in [6.07, 6.45) is 0. The highest BCUT2D eigenvalue weighted by Gasteiger charge is 2.45. The second-order valence-corrected chi connectivity index (χ2v) is 37.8. The molecule has 0 amide bonds. The first kappa shape index (κ1) is 68.0. The van der Waals surface area contributed by atoms with E-state index in [1.165, 1.54) is 156 Å². The predicted molar refractivity (Wildman–Crippen MR) is 490 cm³/mol. The van der Waals surface area contributed by atoms with Crippen molar-refractivity contribution in [3.63, 3.8) is 0 Å². The number of benzene rings is 16. The number of hydrogen-bond donors (Lipinski definition) is 0. The van der Waals surface area contributed by atoms with Crippen molar-refractivity contribution in [3.05, 3.63) is 364 Å². The Bertz CT molecular complexity index is 7410. The van der Waals surface area contributed by atoms with Crippen molar-refractivity contribution in [1.82, 2.24) is 0 Å². The van der Waals surface area contributed by atoms with Crippen LogP contribution in [-0.2, 0) is 32.5 Å². The molecule has 6 aliphatic rings. The summed E-state index contributed by atoms with van der Waals surface area (Å²) in [5.41, 5.74) is 48.1. The standard InChI is InChI=1S/C114H85NO3/c1-109(2)87-28-18-13-23-71(87)73-42-33-62(51-89(73)109)64-35-44-75-77-46-37-66(55-93(77)111(5,6)91(75)53-64)84-60-97-103(105-82-26-16-21-31-100(82)117-107(84)105)80-48-39-69(58-95(80)113(97,9)10)115(68-41-50-102-86(57-68)79-25-15-20-30-99(79)116-102)70-40-49-81-96(59-70)114(11,12)98-61-85(108-106(104(81)98)83-27-17-22-32-101(83)118-108)67-38-47-78-76-45-36-65(54-92(76)112(7,8)94(78)56-67)63-34-43-74-72-24-14-19-29-88(72)110(3,4)90(74)52-63/h13-61H,1-12H3.